The third-order valence-electron chi connectivity index (χ3n) is 4.12. The second kappa shape index (κ2) is 13.2. The number of amides is 2. The molecule has 11 nitrogen and oxygen atoms in total. The highest BCUT2D eigenvalue weighted by atomic mass is 16.6. The molecule has 0 heterocycles. The van der Waals surface area contributed by atoms with Crippen LogP contribution in [0.15, 0.2) is 48.5 Å². The molecule has 0 bridgehead atoms. The van der Waals surface area contributed by atoms with Crippen LogP contribution in [0.2, 0.25) is 0 Å². The number of esters is 1. The van der Waals surface area contributed by atoms with E-state index in [0.29, 0.717) is 30.3 Å². The summed E-state index contributed by atoms with van der Waals surface area (Å²) in [6, 6.07) is 10.2. The van der Waals surface area contributed by atoms with Crippen LogP contribution in [0.5, 0.6) is 11.5 Å². The van der Waals surface area contributed by atoms with E-state index in [2.05, 4.69) is 10.9 Å². The standard InChI is InChI=1S/C23H25N3O8/c1-3-12-33-19-10-8-16(13-20(19)32-4-2)9-11-22(28)34-15-21(27)24-25-23(29)17-6-5-7-18(14-17)26(30)31/h5-11,13-14H,3-4,12,15H2,1-2H3,(H,24,27)(H,25,29)/b11-9+. The lowest BCUT2D eigenvalue weighted by Crippen LogP contribution is -2.43. The van der Waals surface area contributed by atoms with Crippen molar-refractivity contribution in [2.24, 2.45) is 0 Å². The van der Waals surface area contributed by atoms with Crippen LogP contribution < -0.4 is 20.3 Å². The van der Waals surface area contributed by atoms with E-state index < -0.39 is 29.3 Å². The van der Waals surface area contributed by atoms with Crippen LogP contribution >= 0.6 is 0 Å². The van der Waals surface area contributed by atoms with Gasteiger partial charge in [-0.25, -0.2) is 4.79 Å². The summed E-state index contributed by atoms with van der Waals surface area (Å²) in [4.78, 5) is 45.8. The van der Waals surface area contributed by atoms with Crippen molar-refractivity contribution in [3.63, 3.8) is 0 Å². The first-order valence-corrected chi connectivity index (χ1v) is 10.4. The Bertz CT molecular complexity index is 1070. The van der Waals surface area contributed by atoms with Crippen molar-refractivity contribution >= 4 is 29.5 Å². The fourth-order valence-electron chi connectivity index (χ4n) is 2.57. The third-order valence-corrected chi connectivity index (χ3v) is 4.12. The molecule has 2 aromatic carbocycles. The zero-order chi connectivity index (χ0) is 24.9. The second-order valence-electron chi connectivity index (χ2n) is 6.74. The Morgan fingerprint density at radius 2 is 1.82 bits per heavy atom. The van der Waals surface area contributed by atoms with Gasteiger partial charge in [-0.1, -0.05) is 19.1 Å². The van der Waals surface area contributed by atoms with Crippen LogP contribution in [0, 0.1) is 10.1 Å². The van der Waals surface area contributed by atoms with Crippen LogP contribution in [-0.4, -0.2) is 42.5 Å². The van der Waals surface area contributed by atoms with Crippen LogP contribution in [0.1, 0.15) is 36.2 Å². The highest BCUT2D eigenvalue weighted by molar-refractivity contribution is 5.96. The minimum absolute atomic E-state index is 0.0213. The Morgan fingerprint density at radius 1 is 1.03 bits per heavy atom. The SMILES string of the molecule is CCCOc1ccc(/C=C/C(=O)OCC(=O)NNC(=O)c2cccc([N+](=O)[O-])c2)cc1OCC. The summed E-state index contributed by atoms with van der Waals surface area (Å²) in [5.41, 5.74) is 4.53. The number of ether oxygens (including phenoxy) is 3. The van der Waals surface area contributed by atoms with Crippen LogP contribution in [-0.2, 0) is 14.3 Å². The number of nitro groups is 1. The van der Waals surface area contributed by atoms with Gasteiger partial charge in [-0.2, -0.15) is 0 Å². The zero-order valence-electron chi connectivity index (χ0n) is 18.7. The molecule has 2 amide bonds. The van der Waals surface area contributed by atoms with Gasteiger partial charge in [-0.05, 0) is 43.2 Å². The van der Waals surface area contributed by atoms with Gasteiger partial charge in [-0.15, -0.1) is 0 Å². The molecular weight excluding hydrogens is 446 g/mol. The second-order valence-corrected chi connectivity index (χ2v) is 6.74. The van der Waals surface area contributed by atoms with Gasteiger partial charge in [-0.3, -0.25) is 30.6 Å². The molecule has 0 fully saturated rings. The average Bonchev–Trinajstić information content (AvgIpc) is 2.84. The van der Waals surface area contributed by atoms with Crippen molar-refractivity contribution < 1.29 is 33.5 Å². The number of nitrogens with one attached hydrogen (secondary N) is 2. The third kappa shape index (κ3) is 8.26. The molecule has 0 radical (unpaired) electrons. The number of hydrogen-bond donors (Lipinski definition) is 2. The maximum absolute atomic E-state index is 12.0. The Kier molecular flexibility index (Phi) is 10.0. The van der Waals surface area contributed by atoms with Gasteiger partial charge in [0.15, 0.2) is 18.1 Å². The van der Waals surface area contributed by atoms with Crippen molar-refractivity contribution in [2.75, 3.05) is 19.8 Å². The van der Waals surface area contributed by atoms with E-state index in [0.717, 1.165) is 18.6 Å². The minimum Gasteiger partial charge on any atom is -0.490 e. The number of non-ortho nitro benzene ring substituents is 1. The average molecular weight is 471 g/mol. The van der Waals surface area contributed by atoms with Gasteiger partial charge in [0.2, 0.25) is 0 Å². The summed E-state index contributed by atoms with van der Waals surface area (Å²) in [6.07, 6.45) is 3.49. The lowest BCUT2D eigenvalue weighted by molar-refractivity contribution is -0.384. The van der Waals surface area contributed by atoms with E-state index in [1.54, 1.807) is 18.2 Å². The Hall–Kier alpha value is -4.41. The highest BCUT2D eigenvalue weighted by Crippen LogP contribution is 2.29. The van der Waals surface area contributed by atoms with E-state index in [9.17, 15) is 24.5 Å². The molecule has 0 saturated carbocycles. The van der Waals surface area contributed by atoms with Gasteiger partial charge >= 0.3 is 5.97 Å². The molecule has 180 valence electrons. The molecule has 34 heavy (non-hydrogen) atoms. The predicted molar refractivity (Wildman–Crippen MR) is 122 cm³/mol. The summed E-state index contributed by atoms with van der Waals surface area (Å²) in [6.45, 7) is 4.20. The van der Waals surface area contributed by atoms with E-state index in [-0.39, 0.29) is 11.3 Å². The largest absolute Gasteiger partial charge is 0.490 e. The first-order chi connectivity index (χ1) is 16.3. The molecule has 2 rings (SSSR count). The van der Waals surface area contributed by atoms with Crippen LogP contribution in [0.4, 0.5) is 5.69 Å². The first-order valence-electron chi connectivity index (χ1n) is 10.4. The smallest absolute Gasteiger partial charge is 0.331 e. The highest BCUT2D eigenvalue weighted by Gasteiger charge is 2.13. The lowest BCUT2D eigenvalue weighted by atomic mass is 10.2. The van der Waals surface area contributed by atoms with Gasteiger partial charge < -0.3 is 14.2 Å². The lowest BCUT2D eigenvalue weighted by Gasteiger charge is -2.12. The fourth-order valence-corrected chi connectivity index (χ4v) is 2.57. The van der Waals surface area contributed by atoms with Crippen molar-refractivity contribution in [3.8, 4) is 11.5 Å². The quantitative estimate of drug-likeness (QED) is 0.220. The van der Waals surface area contributed by atoms with Crippen molar-refractivity contribution in [3.05, 3.63) is 69.8 Å². The molecule has 0 spiro atoms. The number of carbonyl (C=O) groups excluding carboxylic acids is 3. The molecule has 0 aliphatic heterocycles. The monoisotopic (exact) mass is 471 g/mol. The van der Waals surface area contributed by atoms with Gasteiger partial charge in [0, 0.05) is 23.8 Å². The number of hydrazine groups is 1. The fraction of sp³-hybridized carbons (Fsp3) is 0.261. The summed E-state index contributed by atoms with van der Waals surface area (Å²) in [5.74, 6) is -1.18. The Balaban J connectivity index is 1.83. The normalized spacial score (nSPS) is 10.4. The number of nitro benzene ring substituents is 1. The topological polar surface area (TPSA) is 146 Å². The zero-order valence-corrected chi connectivity index (χ0v) is 18.7. The summed E-state index contributed by atoms with van der Waals surface area (Å²) in [7, 11) is 0. The number of nitrogens with zero attached hydrogens (tertiary/aromatic N) is 1. The predicted octanol–water partition coefficient (Wildman–Crippen LogP) is 2.80. The van der Waals surface area contributed by atoms with Gasteiger partial charge in [0.25, 0.3) is 17.5 Å². The molecule has 0 unspecified atom stereocenters. The molecule has 2 aromatic rings. The van der Waals surface area contributed by atoms with E-state index in [1.807, 2.05) is 13.8 Å². The summed E-state index contributed by atoms with van der Waals surface area (Å²) < 4.78 is 16.0. The molecule has 0 atom stereocenters. The van der Waals surface area contributed by atoms with Crippen molar-refractivity contribution in [1.82, 2.24) is 10.9 Å². The van der Waals surface area contributed by atoms with Crippen LogP contribution in [0.25, 0.3) is 6.08 Å². The Labute approximate surface area is 195 Å². The molecule has 2 N–H and O–H groups in total. The minimum atomic E-state index is -0.795. The molecule has 0 saturated heterocycles. The molecule has 0 aromatic heterocycles. The molecule has 11 heteroatoms. The maximum Gasteiger partial charge on any atom is 0.331 e. The summed E-state index contributed by atoms with van der Waals surface area (Å²) >= 11 is 0. The summed E-state index contributed by atoms with van der Waals surface area (Å²) in [5, 5.41) is 10.8. The number of hydrogen-bond acceptors (Lipinski definition) is 8. The van der Waals surface area contributed by atoms with Crippen LogP contribution in [0.3, 0.4) is 0 Å². The van der Waals surface area contributed by atoms with Gasteiger partial charge in [0.1, 0.15) is 0 Å². The maximum atomic E-state index is 12.0. The van der Waals surface area contributed by atoms with Gasteiger partial charge in [0.05, 0.1) is 18.1 Å². The van der Waals surface area contributed by atoms with E-state index >= 15 is 0 Å². The van der Waals surface area contributed by atoms with E-state index in [4.69, 9.17) is 14.2 Å². The molecular formula is C23H25N3O8. The first kappa shape index (κ1) is 25.8. The molecule has 0 aliphatic rings. The van der Waals surface area contributed by atoms with E-state index in [1.165, 1.54) is 24.3 Å². The number of benzene rings is 2. The van der Waals surface area contributed by atoms with Crippen molar-refractivity contribution in [2.45, 2.75) is 20.3 Å². The van der Waals surface area contributed by atoms with Crippen molar-refractivity contribution in [1.29, 1.82) is 0 Å². The number of carbonyl (C=O) groups is 3. The molecule has 0 aliphatic carbocycles. The number of rotatable bonds is 11. The Morgan fingerprint density at radius 3 is 2.53 bits per heavy atom.